The largest absolute Gasteiger partial charge is 0.355 e. The van der Waals surface area contributed by atoms with E-state index in [1.807, 2.05) is 13.8 Å². The molecule has 0 aliphatic heterocycles. The Kier molecular flexibility index (Phi) is 3.79. The zero-order valence-electron chi connectivity index (χ0n) is 10.5. The first kappa shape index (κ1) is 12.1. The molecule has 0 saturated heterocycles. The maximum Gasteiger partial charge on any atom is 0.236 e. The lowest BCUT2D eigenvalue weighted by Crippen LogP contribution is -2.46. The van der Waals surface area contributed by atoms with Crippen LogP contribution >= 0.6 is 0 Å². The zero-order chi connectivity index (χ0) is 12.3. The lowest BCUT2D eigenvalue weighted by atomic mass is 10.1. The van der Waals surface area contributed by atoms with E-state index in [1.165, 1.54) is 11.1 Å². The monoisotopic (exact) mass is 232 g/mol. The van der Waals surface area contributed by atoms with Gasteiger partial charge < -0.3 is 10.6 Å². The molecule has 0 fully saturated rings. The van der Waals surface area contributed by atoms with Gasteiger partial charge in [0.15, 0.2) is 0 Å². The van der Waals surface area contributed by atoms with Gasteiger partial charge in [0.05, 0.1) is 6.04 Å². The van der Waals surface area contributed by atoms with Crippen LogP contribution in [-0.2, 0) is 17.6 Å². The van der Waals surface area contributed by atoms with E-state index in [9.17, 15) is 4.79 Å². The van der Waals surface area contributed by atoms with Crippen molar-refractivity contribution in [2.75, 3.05) is 6.54 Å². The van der Waals surface area contributed by atoms with Gasteiger partial charge in [0.25, 0.3) is 0 Å². The average Bonchev–Trinajstić information content (AvgIpc) is 2.71. The van der Waals surface area contributed by atoms with Crippen LogP contribution < -0.4 is 10.6 Å². The predicted octanol–water partition coefficient (Wildman–Crippen LogP) is 1.27. The Bertz CT molecular complexity index is 378. The summed E-state index contributed by atoms with van der Waals surface area (Å²) in [5.74, 6) is 0.0865. The summed E-state index contributed by atoms with van der Waals surface area (Å²) in [5, 5.41) is 6.24. The second-order valence-electron chi connectivity index (χ2n) is 4.66. The maximum atomic E-state index is 11.6. The number of hydrogen-bond acceptors (Lipinski definition) is 2. The molecule has 17 heavy (non-hydrogen) atoms. The van der Waals surface area contributed by atoms with Gasteiger partial charge in [-0.3, -0.25) is 4.79 Å². The van der Waals surface area contributed by atoms with Gasteiger partial charge in [-0.15, -0.1) is 0 Å². The third kappa shape index (κ3) is 2.86. The molecule has 1 aliphatic carbocycles. The molecule has 0 spiro atoms. The first-order chi connectivity index (χ1) is 8.20. The topological polar surface area (TPSA) is 41.1 Å². The summed E-state index contributed by atoms with van der Waals surface area (Å²) in [5.41, 5.74) is 2.82. The average molecular weight is 232 g/mol. The molecule has 0 bridgehead atoms. The van der Waals surface area contributed by atoms with Crippen LogP contribution in [0.5, 0.6) is 0 Å². The molecule has 1 atom stereocenters. The fourth-order valence-electron chi connectivity index (χ4n) is 2.43. The Morgan fingerprint density at radius 1 is 1.35 bits per heavy atom. The van der Waals surface area contributed by atoms with Gasteiger partial charge in [0, 0.05) is 12.6 Å². The highest BCUT2D eigenvalue weighted by molar-refractivity contribution is 5.81. The van der Waals surface area contributed by atoms with Crippen LogP contribution in [0, 0.1) is 0 Å². The minimum Gasteiger partial charge on any atom is -0.355 e. The van der Waals surface area contributed by atoms with E-state index in [0.29, 0.717) is 12.6 Å². The fourth-order valence-corrected chi connectivity index (χ4v) is 2.43. The second-order valence-corrected chi connectivity index (χ2v) is 4.66. The molecule has 0 heterocycles. The number of nitrogens with one attached hydrogen (secondary N) is 2. The van der Waals surface area contributed by atoms with E-state index in [-0.39, 0.29) is 11.9 Å². The van der Waals surface area contributed by atoms with Crippen molar-refractivity contribution in [3.63, 3.8) is 0 Å². The quantitative estimate of drug-likeness (QED) is 0.821. The van der Waals surface area contributed by atoms with Crippen molar-refractivity contribution in [1.29, 1.82) is 0 Å². The highest BCUT2D eigenvalue weighted by Crippen LogP contribution is 2.21. The molecular weight excluding hydrogens is 212 g/mol. The van der Waals surface area contributed by atoms with Crippen LogP contribution in [0.4, 0.5) is 0 Å². The van der Waals surface area contributed by atoms with Crippen LogP contribution in [0.15, 0.2) is 24.3 Å². The molecule has 92 valence electrons. The molecular formula is C14H20N2O. The molecule has 0 aromatic heterocycles. The Labute approximate surface area is 103 Å². The summed E-state index contributed by atoms with van der Waals surface area (Å²) in [7, 11) is 0. The van der Waals surface area contributed by atoms with Crippen molar-refractivity contribution in [3.05, 3.63) is 35.4 Å². The van der Waals surface area contributed by atoms with Gasteiger partial charge in [-0.2, -0.15) is 0 Å². The Morgan fingerprint density at radius 3 is 2.47 bits per heavy atom. The Hall–Kier alpha value is -1.35. The predicted molar refractivity (Wildman–Crippen MR) is 68.9 cm³/mol. The number of carbonyl (C=O) groups excluding carboxylic acids is 1. The summed E-state index contributed by atoms with van der Waals surface area (Å²) in [6.45, 7) is 4.56. The lowest BCUT2D eigenvalue weighted by Gasteiger charge is -2.18. The molecule has 0 unspecified atom stereocenters. The number of likely N-dealkylation sites (N-methyl/N-ethyl adjacent to an activating group) is 1. The van der Waals surface area contributed by atoms with Crippen LogP contribution in [0.25, 0.3) is 0 Å². The van der Waals surface area contributed by atoms with Gasteiger partial charge in [-0.05, 0) is 37.8 Å². The first-order valence-electron chi connectivity index (χ1n) is 6.31. The highest BCUT2D eigenvalue weighted by atomic mass is 16.2. The molecule has 1 amide bonds. The van der Waals surface area contributed by atoms with Crippen molar-refractivity contribution in [2.24, 2.45) is 0 Å². The standard InChI is InChI=1S/C14H20N2O/c1-3-15-14(17)10(2)16-13-8-11-6-4-5-7-12(11)9-13/h4-7,10,13,16H,3,8-9H2,1-2H3,(H,15,17)/t10-/m1/s1. The van der Waals surface area contributed by atoms with Crippen molar-refractivity contribution < 1.29 is 4.79 Å². The molecule has 1 aromatic carbocycles. The van der Waals surface area contributed by atoms with Crippen molar-refractivity contribution in [1.82, 2.24) is 10.6 Å². The zero-order valence-corrected chi connectivity index (χ0v) is 10.5. The van der Waals surface area contributed by atoms with Gasteiger partial charge in [-0.1, -0.05) is 24.3 Å². The van der Waals surface area contributed by atoms with Gasteiger partial charge in [0.2, 0.25) is 5.91 Å². The van der Waals surface area contributed by atoms with E-state index >= 15 is 0 Å². The lowest BCUT2D eigenvalue weighted by molar-refractivity contribution is -0.122. The van der Waals surface area contributed by atoms with E-state index in [0.717, 1.165) is 12.8 Å². The molecule has 2 N–H and O–H groups in total. The number of rotatable bonds is 4. The number of fused-ring (bicyclic) bond motifs is 1. The summed E-state index contributed by atoms with van der Waals surface area (Å²) in [6, 6.07) is 8.78. The van der Waals surface area contributed by atoms with Gasteiger partial charge in [-0.25, -0.2) is 0 Å². The van der Waals surface area contributed by atoms with Crippen LogP contribution in [0.1, 0.15) is 25.0 Å². The van der Waals surface area contributed by atoms with E-state index < -0.39 is 0 Å². The number of carbonyl (C=O) groups is 1. The fraction of sp³-hybridized carbons (Fsp3) is 0.500. The number of hydrogen-bond donors (Lipinski definition) is 2. The Balaban J connectivity index is 1.89. The summed E-state index contributed by atoms with van der Waals surface area (Å²) < 4.78 is 0. The van der Waals surface area contributed by atoms with Crippen molar-refractivity contribution in [3.8, 4) is 0 Å². The van der Waals surface area contributed by atoms with Crippen molar-refractivity contribution >= 4 is 5.91 Å². The van der Waals surface area contributed by atoms with Gasteiger partial charge >= 0.3 is 0 Å². The number of amides is 1. The second kappa shape index (κ2) is 5.32. The van der Waals surface area contributed by atoms with E-state index in [4.69, 9.17) is 0 Å². The minimum absolute atomic E-state index is 0.0865. The molecule has 0 saturated carbocycles. The van der Waals surface area contributed by atoms with Crippen molar-refractivity contribution in [2.45, 2.75) is 38.8 Å². The number of benzene rings is 1. The molecule has 0 radical (unpaired) electrons. The summed E-state index contributed by atoms with van der Waals surface area (Å²) >= 11 is 0. The maximum absolute atomic E-state index is 11.6. The normalized spacial score (nSPS) is 16.6. The molecule has 3 nitrogen and oxygen atoms in total. The highest BCUT2D eigenvalue weighted by Gasteiger charge is 2.23. The molecule has 1 aliphatic rings. The smallest absolute Gasteiger partial charge is 0.236 e. The first-order valence-corrected chi connectivity index (χ1v) is 6.31. The molecule has 3 heteroatoms. The third-order valence-electron chi connectivity index (χ3n) is 3.28. The van der Waals surface area contributed by atoms with Crippen LogP contribution in [-0.4, -0.2) is 24.5 Å². The molecule has 1 aromatic rings. The van der Waals surface area contributed by atoms with Crippen LogP contribution in [0.3, 0.4) is 0 Å². The SMILES string of the molecule is CCNC(=O)[C@@H](C)NC1Cc2ccccc2C1. The summed E-state index contributed by atoms with van der Waals surface area (Å²) in [6.07, 6.45) is 2.06. The summed E-state index contributed by atoms with van der Waals surface area (Å²) in [4.78, 5) is 11.6. The molecule has 2 rings (SSSR count). The Morgan fingerprint density at radius 2 is 1.94 bits per heavy atom. The van der Waals surface area contributed by atoms with Crippen LogP contribution in [0.2, 0.25) is 0 Å². The third-order valence-corrected chi connectivity index (χ3v) is 3.28. The minimum atomic E-state index is -0.116. The van der Waals surface area contributed by atoms with E-state index in [1.54, 1.807) is 0 Å². The van der Waals surface area contributed by atoms with Gasteiger partial charge in [0.1, 0.15) is 0 Å². The van der Waals surface area contributed by atoms with E-state index in [2.05, 4.69) is 34.9 Å².